The minimum absolute atomic E-state index is 0.193. The Balaban J connectivity index is 1.47. The fourth-order valence-corrected chi connectivity index (χ4v) is 6.19. The van der Waals surface area contributed by atoms with Crippen LogP contribution in [0.4, 0.5) is 0 Å². The van der Waals surface area contributed by atoms with Gasteiger partial charge in [0.05, 0.1) is 37.5 Å². The maximum Gasteiger partial charge on any atom is 0.243 e. The topological polar surface area (TPSA) is 81.2 Å². The number of benzene rings is 2. The Bertz CT molecular complexity index is 1220. The monoisotopic (exact) mass is 531 g/mol. The molecule has 2 heterocycles. The van der Waals surface area contributed by atoms with Gasteiger partial charge in [0.1, 0.15) is 23.1 Å². The Kier molecular flexibility index (Phi) is 8.97. The van der Waals surface area contributed by atoms with Crippen molar-refractivity contribution in [2.75, 3.05) is 46.5 Å². The van der Waals surface area contributed by atoms with E-state index in [0.717, 1.165) is 35.0 Å². The first-order valence-electron chi connectivity index (χ1n) is 11.9. The first kappa shape index (κ1) is 26.6. The number of sulfonamides is 1. The molecule has 0 radical (unpaired) electrons. The summed E-state index contributed by atoms with van der Waals surface area (Å²) in [7, 11) is -2.17. The van der Waals surface area contributed by atoms with Crippen molar-refractivity contribution in [2.24, 2.45) is 0 Å². The molecule has 2 aromatic carbocycles. The lowest BCUT2D eigenvalue weighted by Gasteiger charge is -2.29. The average molecular weight is 532 g/mol. The molecular formula is C26H33N3O5S2. The third-order valence-electron chi connectivity index (χ3n) is 5.96. The van der Waals surface area contributed by atoms with Crippen molar-refractivity contribution in [3.8, 4) is 11.5 Å². The van der Waals surface area contributed by atoms with Crippen molar-refractivity contribution in [3.05, 3.63) is 69.7 Å². The molecule has 8 nitrogen and oxygen atoms in total. The van der Waals surface area contributed by atoms with E-state index >= 15 is 0 Å². The van der Waals surface area contributed by atoms with Gasteiger partial charge in [-0.1, -0.05) is 6.07 Å². The van der Waals surface area contributed by atoms with Crippen LogP contribution >= 0.6 is 11.3 Å². The summed E-state index contributed by atoms with van der Waals surface area (Å²) in [6.45, 7) is 8.53. The highest BCUT2D eigenvalue weighted by molar-refractivity contribution is 7.89. The van der Waals surface area contributed by atoms with Crippen LogP contribution in [0.15, 0.2) is 52.7 Å². The van der Waals surface area contributed by atoms with Crippen molar-refractivity contribution in [3.63, 3.8) is 0 Å². The molecule has 0 atom stereocenters. The van der Waals surface area contributed by atoms with Crippen LogP contribution in [0.2, 0.25) is 0 Å². The smallest absolute Gasteiger partial charge is 0.243 e. The summed E-state index contributed by atoms with van der Waals surface area (Å²) >= 11 is 1.48. The van der Waals surface area contributed by atoms with Crippen molar-refractivity contribution >= 4 is 21.4 Å². The minimum Gasteiger partial charge on any atom is -0.497 e. The number of thiazole rings is 1. The summed E-state index contributed by atoms with van der Waals surface area (Å²) in [6, 6.07) is 12.6. The summed E-state index contributed by atoms with van der Waals surface area (Å²) in [5.74, 6) is 1.42. The zero-order valence-corrected chi connectivity index (χ0v) is 22.6. The van der Waals surface area contributed by atoms with E-state index in [1.807, 2.05) is 31.4 Å². The fraction of sp³-hybridized carbons (Fsp3) is 0.423. The fourth-order valence-electron chi connectivity index (χ4n) is 4.09. The molecule has 3 aromatic rings. The molecule has 194 valence electrons. The van der Waals surface area contributed by atoms with Crippen LogP contribution < -0.4 is 9.47 Å². The molecule has 1 aliphatic heterocycles. The number of morpholine rings is 1. The Morgan fingerprint density at radius 1 is 1.06 bits per heavy atom. The van der Waals surface area contributed by atoms with Gasteiger partial charge in [-0.25, -0.2) is 13.4 Å². The summed E-state index contributed by atoms with van der Waals surface area (Å²) in [5.41, 5.74) is 2.99. The van der Waals surface area contributed by atoms with Gasteiger partial charge in [-0.2, -0.15) is 4.31 Å². The maximum atomic E-state index is 13.6. The van der Waals surface area contributed by atoms with Crippen LogP contribution in [0.5, 0.6) is 11.5 Å². The van der Waals surface area contributed by atoms with Gasteiger partial charge in [0, 0.05) is 31.6 Å². The lowest BCUT2D eigenvalue weighted by Crippen LogP contribution is -2.42. The Morgan fingerprint density at radius 3 is 2.42 bits per heavy atom. The number of nitrogens with zero attached hydrogens (tertiary/aromatic N) is 3. The summed E-state index contributed by atoms with van der Waals surface area (Å²) in [4.78, 5) is 7.13. The molecule has 0 aliphatic carbocycles. The van der Waals surface area contributed by atoms with Crippen LogP contribution in [0, 0.1) is 13.8 Å². The number of aryl methyl sites for hydroxylation is 2. The molecule has 1 aliphatic rings. The van der Waals surface area contributed by atoms with Gasteiger partial charge in [0.2, 0.25) is 10.0 Å². The largest absolute Gasteiger partial charge is 0.497 e. The Hall–Kier alpha value is -2.50. The standard InChI is InChI=1S/C26H33N3O5S2/c1-20-14-21(2)16-24(15-20)34-18-26-27-22(19-35-26)17-29(9-8-28-10-12-33-13-11-28)36(30,31)25-6-4-23(32-3)5-7-25/h4-7,14-16,19H,8-13,17-18H2,1-3H3. The highest BCUT2D eigenvalue weighted by Crippen LogP contribution is 2.23. The quantitative estimate of drug-likeness (QED) is 0.372. The normalized spacial score (nSPS) is 14.8. The first-order valence-corrected chi connectivity index (χ1v) is 14.2. The molecular weight excluding hydrogens is 498 g/mol. The van der Waals surface area contributed by atoms with Gasteiger partial charge >= 0.3 is 0 Å². The second kappa shape index (κ2) is 12.2. The van der Waals surface area contributed by atoms with E-state index in [4.69, 9.17) is 14.2 Å². The number of hydrogen-bond acceptors (Lipinski definition) is 8. The van der Waals surface area contributed by atoms with E-state index in [0.29, 0.717) is 44.4 Å². The first-order chi connectivity index (χ1) is 17.3. The van der Waals surface area contributed by atoms with E-state index < -0.39 is 10.0 Å². The van der Waals surface area contributed by atoms with Gasteiger partial charge < -0.3 is 14.2 Å². The SMILES string of the molecule is COc1ccc(S(=O)(=O)N(CCN2CCOCC2)Cc2csc(COc3cc(C)cc(C)c3)n2)cc1. The number of methoxy groups -OCH3 is 1. The van der Waals surface area contributed by atoms with Gasteiger partial charge in [-0.15, -0.1) is 11.3 Å². The van der Waals surface area contributed by atoms with Crippen molar-refractivity contribution < 1.29 is 22.6 Å². The number of aromatic nitrogens is 1. The van der Waals surface area contributed by atoms with E-state index in [9.17, 15) is 8.42 Å². The molecule has 10 heteroatoms. The third-order valence-corrected chi connectivity index (χ3v) is 8.69. The van der Waals surface area contributed by atoms with E-state index in [-0.39, 0.29) is 11.4 Å². The molecule has 0 amide bonds. The van der Waals surface area contributed by atoms with Crippen LogP contribution in [0.25, 0.3) is 0 Å². The van der Waals surface area contributed by atoms with Crippen molar-refractivity contribution in [1.29, 1.82) is 0 Å². The molecule has 0 N–H and O–H groups in total. The minimum atomic E-state index is -3.73. The maximum absolute atomic E-state index is 13.6. The van der Waals surface area contributed by atoms with E-state index in [1.165, 1.54) is 15.6 Å². The molecule has 36 heavy (non-hydrogen) atoms. The molecule has 0 spiro atoms. The van der Waals surface area contributed by atoms with Crippen LogP contribution in [-0.2, 0) is 27.9 Å². The van der Waals surface area contributed by atoms with E-state index in [2.05, 4.69) is 16.0 Å². The number of ether oxygens (including phenoxy) is 3. The van der Waals surface area contributed by atoms with Crippen molar-refractivity contribution in [2.45, 2.75) is 31.9 Å². The molecule has 1 fully saturated rings. The lowest BCUT2D eigenvalue weighted by atomic mass is 10.1. The predicted octanol–water partition coefficient (Wildman–Crippen LogP) is 3.87. The molecule has 0 unspecified atom stereocenters. The molecule has 1 aromatic heterocycles. The van der Waals surface area contributed by atoms with Gasteiger partial charge in [-0.05, 0) is 61.4 Å². The zero-order chi connectivity index (χ0) is 25.5. The van der Waals surface area contributed by atoms with Gasteiger partial charge in [0.15, 0.2) is 0 Å². The Labute approximate surface area is 217 Å². The van der Waals surface area contributed by atoms with E-state index in [1.54, 1.807) is 31.4 Å². The Morgan fingerprint density at radius 2 is 1.75 bits per heavy atom. The van der Waals surface area contributed by atoms with Gasteiger partial charge in [-0.3, -0.25) is 4.90 Å². The summed E-state index contributed by atoms with van der Waals surface area (Å²) in [6.07, 6.45) is 0. The zero-order valence-electron chi connectivity index (χ0n) is 21.0. The summed E-state index contributed by atoms with van der Waals surface area (Å²) in [5, 5.41) is 2.71. The lowest BCUT2D eigenvalue weighted by molar-refractivity contribution is 0.0361. The van der Waals surface area contributed by atoms with Gasteiger partial charge in [0.25, 0.3) is 0 Å². The molecule has 0 saturated carbocycles. The second-order valence-electron chi connectivity index (χ2n) is 8.81. The van der Waals surface area contributed by atoms with Crippen LogP contribution in [0.3, 0.4) is 0 Å². The van der Waals surface area contributed by atoms with Crippen LogP contribution in [0.1, 0.15) is 21.8 Å². The number of hydrogen-bond donors (Lipinski definition) is 0. The average Bonchev–Trinajstić information content (AvgIpc) is 3.33. The van der Waals surface area contributed by atoms with Crippen molar-refractivity contribution in [1.82, 2.24) is 14.2 Å². The third kappa shape index (κ3) is 7.04. The highest BCUT2D eigenvalue weighted by atomic mass is 32.2. The molecule has 0 bridgehead atoms. The summed E-state index contributed by atoms with van der Waals surface area (Å²) < 4.78 is 45.2. The highest BCUT2D eigenvalue weighted by Gasteiger charge is 2.26. The second-order valence-corrected chi connectivity index (χ2v) is 11.7. The van der Waals surface area contributed by atoms with Crippen LogP contribution in [-0.4, -0.2) is 69.1 Å². The molecule has 4 rings (SSSR count). The number of rotatable bonds is 11. The predicted molar refractivity (Wildman–Crippen MR) is 140 cm³/mol. The molecule has 1 saturated heterocycles.